The smallest absolute Gasteiger partial charge is 0.379 e. The molecule has 0 amide bonds. The molecule has 1 aliphatic rings. The normalized spacial score (nSPS) is 16.0. The average molecular weight is 417 g/mol. The molecule has 150 valence electrons. The lowest BCUT2D eigenvalue weighted by Gasteiger charge is -2.31. The first-order chi connectivity index (χ1) is 14.6. The number of carbonyl (C=O) groups excluding carboxylic acids is 2. The van der Waals surface area contributed by atoms with Gasteiger partial charge in [-0.3, -0.25) is 4.79 Å². The van der Waals surface area contributed by atoms with Crippen LogP contribution in [0.3, 0.4) is 0 Å². The zero-order valence-electron chi connectivity index (χ0n) is 16.3. The number of Topliss-reactive ketones (excluding diaryl/α,β-unsaturated/α-hetero) is 1. The van der Waals surface area contributed by atoms with Crippen molar-refractivity contribution in [2.24, 2.45) is 0 Å². The van der Waals surface area contributed by atoms with E-state index in [1.54, 1.807) is 6.92 Å². The summed E-state index contributed by atoms with van der Waals surface area (Å²) >= 11 is 5.43. The second-order valence-electron chi connectivity index (χ2n) is 6.84. The summed E-state index contributed by atoms with van der Waals surface area (Å²) in [7, 11) is 0. The summed E-state index contributed by atoms with van der Waals surface area (Å²) in [6.45, 7) is 1.80. The van der Waals surface area contributed by atoms with Crippen molar-refractivity contribution in [2.45, 2.75) is 13.0 Å². The van der Waals surface area contributed by atoms with E-state index in [2.05, 4.69) is 10.6 Å². The Morgan fingerprint density at radius 1 is 0.967 bits per heavy atom. The van der Waals surface area contributed by atoms with Crippen molar-refractivity contribution in [1.82, 2.24) is 10.6 Å². The molecule has 0 spiro atoms. The number of esters is 1. The molecule has 0 saturated carbocycles. The first-order valence-corrected chi connectivity index (χ1v) is 10.1. The van der Waals surface area contributed by atoms with Gasteiger partial charge in [0, 0.05) is 0 Å². The summed E-state index contributed by atoms with van der Waals surface area (Å²) in [6.07, 6.45) is 0. The lowest BCUT2D eigenvalue weighted by Crippen LogP contribution is -2.46. The highest BCUT2D eigenvalue weighted by Crippen LogP contribution is 2.33. The average Bonchev–Trinajstić information content (AvgIpc) is 2.78. The van der Waals surface area contributed by atoms with Crippen LogP contribution in [0.2, 0.25) is 0 Å². The Bertz CT molecular complexity index is 1170. The number of fused-ring (bicyclic) bond motifs is 1. The SMILES string of the molecule is CCOC(=O)C(=O)C1=C(c2ccccc2)NC(=S)N[C@@H]1c1ccc2ccccc2c1. The molecule has 0 aromatic heterocycles. The van der Waals surface area contributed by atoms with Crippen molar-refractivity contribution in [3.8, 4) is 0 Å². The van der Waals surface area contributed by atoms with Gasteiger partial charge in [0.25, 0.3) is 5.78 Å². The second-order valence-corrected chi connectivity index (χ2v) is 7.25. The number of ether oxygens (including phenoxy) is 1. The van der Waals surface area contributed by atoms with Crippen LogP contribution < -0.4 is 10.6 Å². The quantitative estimate of drug-likeness (QED) is 0.374. The third kappa shape index (κ3) is 3.82. The molecule has 3 aromatic rings. The van der Waals surface area contributed by atoms with E-state index in [0.29, 0.717) is 10.8 Å². The largest absolute Gasteiger partial charge is 0.460 e. The van der Waals surface area contributed by atoms with Crippen LogP contribution in [-0.4, -0.2) is 23.5 Å². The molecule has 4 rings (SSSR count). The lowest BCUT2D eigenvalue weighted by atomic mass is 9.89. The monoisotopic (exact) mass is 416 g/mol. The Hall–Kier alpha value is -3.51. The summed E-state index contributed by atoms with van der Waals surface area (Å²) < 4.78 is 5.01. The first-order valence-electron chi connectivity index (χ1n) is 9.65. The van der Waals surface area contributed by atoms with Gasteiger partial charge in [-0.25, -0.2) is 4.79 Å². The van der Waals surface area contributed by atoms with Gasteiger partial charge in [-0.05, 0) is 47.1 Å². The molecule has 0 unspecified atom stereocenters. The predicted molar refractivity (Wildman–Crippen MR) is 121 cm³/mol. The van der Waals surface area contributed by atoms with Gasteiger partial charge in [-0.15, -0.1) is 0 Å². The fraction of sp³-hybridized carbons (Fsp3) is 0.125. The molecule has 1 heterocycles. The Kier molecular flexibility index (Phi) is 5.59. The van der Waals surface area contributed by atoms with Gasteiger partial charge in [0.05, 0.1) is 23.9 Å². The highest BCUT2D eigenvalue weighted by molar-refractivity contribution is 7.80. The molecule has 0 fully saturated rings. The van der Waals surface area contributed by atoms with Crippen LogP contribution in [0.1, 0.15) is 24.1 Å². The maximum atomic E-state index is 13.2. The van der Waals surface area contributed by atoms with E-state index >= 15 is 0 Å². The van der Waals surface area contributed by atoms with Crippen LogP contribution in [0.25, 0.3) is 16.5 Å². The van der Waals surface area contributed by atoms with E-state index in [0.717, 1.165) is 21.9 Å². The predicted octanol–water partition coefficient (Wildman–Crippen LogP) is 3.90. The molecule has 3 aromatic carbocycles. The number of nitrogens with one attached hydrogen (secondary N) is 2. The number of carbonyl (C=O) groups is 2. The maximum Gasteiger partial charge on any atom is 0.379 e. The zero-order chi connectivity index (χ0) is 21.1. The third-order valence-corrected chi connectivity index (χ3v) is 5.17. The number of hydrogen-bond donors (Lipinski definition) is 2. The van der Waals surface area contributed by atoms with Crippen LogP contribution in [-0.2, 0) is 14.3 Å². The van der Waals surface area contributed by atoms with Gasteiger partial charge in [-0.1, -0.05) is 66.7 Å². The van der Waals surface area contributed by atoms with E-state index in [4.69, 9.17) is 17.0 Å². The van der Waals surface area contributed by atoms with Crippen molar-refractivity contribution in [1.29, 1.82) is 0 Å². The van der Waals surface area contributed by atoms with Crippen molar-refractivity contribution in [3.05, 3.63) is 89.5 Å². The van der Waals surface area contributed by atoms with Crippen molar-refractivity contribution >= 4 is 45.6 Å². The highest BCUT2D eigenvalue weighted by atomic mass is 32.1. The molecule has 1 atom stereocenters. The third-order valence-electron chi connectivity index (χ3n) is 4.95. The Labute approximate surface area is 179 Å². The first kappa shape index (κ1) is 19.8. The standard InChI is InChI=1S/C24H20N2O3S/c1-2-29-23(28)22(27)19-20(16-9-4-3-5-10-16)25-24(30)26-21(19)18-13-12-15-8-6-7-11-17(15)14-18/h3-14,21H,2H2,1H3,(H2,25,26,30)/t21-/m1/s1. The van der Waals surface area contributed by atoms with Gasteiger partial charge in [0.2, 0.25) is 0 Å². The van der Waals surface area contributed by atoms with E-state index in [9.17, 15) is 9.59 Å². The molecule has 6 heteroatoms. The minimum Gasteiger partial charge on any atom is -0.460 e. The lowest BCUT2D eigenvalue weighted by molar-refractivity contribution is -0.151. The molecule has 1 aliphatic heterocycles. The van der Waals surface area contributed by atoms with Crippen LogP contribution in [0, 0.1) is 0 Å². The number of thiocarbonyl (C=S) groups is 1. The Morgan fingerprint density at radius 3 is 2.40 bits per heavy atom. The number of rotatable bonds is 5. The molecule has 0 saturated heterocycles. The molecule has 0 aliphatic carbocycles. The van der Waals surface area contributed by atoms with Crippen molar-refractivity contribution in [3.63, 3.8) is 0 Å². The van der Waals surface area contributed by atoms with Crippen LogP contribution >= 0.6 is 12.2 Å². The zero-order valence-corrected chi connectivity index (χ0v) is 17.2. The van der Waals surface area contributed by atoms with Crippen molar-refractivity contribution in [2.75, 3.05) is 6.61 Å². The second kappa shape index (κ2) is 8.47. The topological polar surface area (TPSA) is 67.4 Å². The van der Waals surface area contributed by atoms with E-state index in [1.165, 1.54) is 0 Å². The molecule has 0 bridgehead atoms. The molecular weight excluding hydrogens is 396 g/mol. The van der Waals surface area contributed by atoms with Gasteiger partial charge >= 0.3 is 5.97 Å². The summed E-state index contributed by atoms with van der Waals surface area (Å²) in [4.78, 5) is 25.6. The van der Waals surface area contributed by atoms with Gasteiger partial charge in [0.1, 0.15) is 0 Å². The molecule has 0 radical (unpaired) electrons. The highest BCUT2D eigenvalue weighted by Gasteiger charge is 2.35. The minimum atomic E-state index is -0.886. The van der Waals surface area contributed by atoms with E-state index in [-0.39, 0.29) is 12.2 Å². The Morgan fingerprint density at radius 2 is 1.67 bits per heavy atom. The summed E-state index contributed by atoms with van der Waals surface area (Å²) in [5.41, 5.74) is 2.39. The number of ketones is 1. The summed E-state index contributed by atoms with van der Waals surface area (Å²) in [5, 5.41) is 8.73. The van der Waals surface area contributed by atoms with Gasteiger partial charge in [0.15, 0.2) is 5.11 Å². The molecular formula is C24H20N2O3S. The Balaban J connectivity index is 1.90. The minimum absolute atomic E-state index is 0.123. The molecule has 5 nitrogen and oxygen atoms in total. The van der Waals surface area contributed by atoms with E-state index in [1.807, 2.05) is 72.8 Å². The molecule has 30 heavy (non-hydrogen) atoms. The fourth-order valence-corrected chi connectivity index (χ4v) is 3.81. The maximum absolute atomic E-state index is 13.2. The number of benzene rings is 3. The van der Waals surface area contributed by atoms with Crippen LogP contribution in [0.5, 0.6) is 0 Å². The number of hydrogen-bond acceptors (Lipinski definition) is 4. The van der Waals surface area contributed by atoms with Gasteiger partial charge in [-0.2, -0.15) is 0 Å². The van der Waals surface area contributed by atoms with Gasteiger partial charge < -0.3 is 15.4 Å². The van der Waals surface area contributed by atoms with Crippen LogP contribution in [0.4, 0.5) is 0 Å². The fourth-order valence-electron chi connectivity index (χ4n) is 3.59. The van der Waals surface area contributed by atoms with E-state index < -0.39 is 17.8 Å². The molecule has 2 N–H and O–H groups in total. The summed E-state index contributed by atoms with van der Waals surface area (Å²) in [5.74, 6) is -1.58. The van der Waals surface area contributed by atoms with Crippen molar-refractivity contribution < 1.29 is 14.3 Å². The summed E-state index contributed by atoms with van der Waals surface area (Å²) in [6, 6.07) is 22.7. The van der Waals surface area contributed by atoms with Crippen LogP contribution in [0.15, 0.2) is 78.4 Å².